The van der Waals surface area contributed by atoms with Crippen molar-refractivity contribution in [3.8, 4) is 17.2 Å². The molecule has 0 bridgehead atoms. The standard InChI is InChI=1S/C34H31ClNO4P/c1-25-21-28(36(37)38)22-26(2)34(25)40-29-19-20-33(39-3)27(23-29)24-41(35,30-13-7-4-8-14-30,31-15-9-5-10-16-31)32-17-11-6-12-18-32/h4-23H,24H2,1-3H3. The van der Waals surface area contributed by atoms with Gasteiger partial charge < -0.3 is 0 Å². The molecule has 0 aromatic heterocycles. The van der Waals surface area contributed by atoms with Crippen LogP contribution < -0.4 is 25.4 Å². The molecular formula is C34H31ClNO4P. The van der Waals surface area contributed by atoms with Crippen molar-refractivity contribution in [2.75, 3.05) is 7.11 Å². The average Bonchev–Trinajstić information content (AvgIpc) is 3.00. The van der Waals surface area contributed by atoms with Crippen molar-refractivity contribution in [2.45, 2.75) is 20.0 Å². The molecule has 5 rings (SSSR count). The van der Waals surface area contributed by atoms with Crippen molar-refractivity contribution in [1.82, 2.24) is 0 Å². The second-order valence-corrected chi connectivity index (χ2v) is 16.6. The summed E-state index contributed by atoms with van der Waals surface area (Å²) in [4.78, 5) is 11.0. The molecule has 208 valence electrons. The Morgan fingerprint density at radius 1 is 0.732 bits per heavy atom. The van der Waals surface area contributed by atoms with Gasteiger partial charge in [-0.2, -0.15) is 0 Å². The number of nitrogens with zero attached hydrogens (tertiary/aromatic N) is 1. The average molecular weight is 584 g/mol. The van der Waals surface area contributed by atoms with Gasteiger partial charge in [-0.05, 0) is 0 Å². The molecule has 5 aromatic carbocycles. The van der Waals surface area contributed by atoms with Gasteiger partial charge in [-0.15, -0.1) is 0 Å². The van der Waals surface area contributed by atoms with Crippen molar-refractivity contribution in [3.05, 3.63) is 148 Å². The van der Waals surface area contributed by atoms with Crippen LogP contribution in [0.4, 0.5) is 5.69 Å². The maximum absolute atomic E-state index is 11.3. The Labute approximate surface area is 245 Å². The molecule has 0 heterocycles. The van der Waals surface area contributed by atoms with Crippen LogP contribution in [0.5, 0.6) is 17.2 Å². The van der Waals surface area contributed by atoms with Gasteiger partial charge in [0.2, 0.25) is 0 Å². The number of nitro groups is 1. The molecule has 41 heavy (non-hydrogen) atoms. The number of hydrogen-bond donors (Lipinski definition) is 0. The van der Waals surface area contributed by atoms with Crippen LogP contribution in [0.25, 0.3) is 0 Å². The Balaban J connectivity index is 1.71. The fourth-order valence-electron chi connectivity index (χ4n) is 5.51. The van der Waals surface area contributed by atoms with Gasteiger partial charge in [0.15, 0.2) is 0 Å². The number of rotatable bonds is 9. The zero-order valence-corrected chi connectivity index (χ0v) is 24.8. The first-order valence-corrected chi connectivity index (χ1v) is 16.6. The fraction of sp³-hybridized carbons (Fsp3) is 0.118. The number of aryl methyl sites for hydroxylation is 2. The third-order valence-corrected chi connectivity index (χ3v) is 14.7. The van der Waals surface area contributed by atoms with E-state index in [1.165, 1.54) is 12.1 Å². The molecule has 0 atom stereocenters. The quantitative estimate of drug-likeness (QED) is 0.0997. The van der Waals surface area contributed by atoms with Crippen LogP contribution in [0.15, 0.2) is 121 Å². The first kappa shape index (κ1) is 28.4. The van der Waals surface area contributed by atoms with Crippen molar-refractivity contribution in [2.24, 2.45) is 0 Å². The molecule has 0 aliphatic heterocycles. The van der Waals surface area contributed by atoms with E-state index in [1.807, 2.05) is 86.6 Å². The Kier molecular flexibility index (Phi) is 7.86. The fourth-order valence-corrected chi connectivity index (χ4v) is 11.6. The minimum atomic E-state index is -3.63. The van der Waals surface area contributed by atoms with Crippen LogP contribution in [0, 0.1) is 24.0 Å². The number of nitro benzene ring substituents is 1. The van der Waals surface area contributed by atoms with Crippen molar-refractivity contribution >= 4 is 38.8 Å². The third-order valence-electron chi connectivity index (χ3n) is 7.48. The predicted molar refractivity (Wildman–Crippen MR) is 170 cm³/mol. The van der Waals surface area contributed by atoms with Crippen LogP contribution >= 0.6 is 17.2 Å². The summed E-state index contributed by atoms with van der Waals surface area (Å²) in [5.41, 5.74) is 2.30. The van der Waals surface area contributed by atoms with E-state index in [-0.39, 0.29) is 5.69 Å². The first-order chi connectivity index (χ1) is 19.7. The van der Waals surface area contributed by atoms with Crippen molar-refractivity contribution in [1.29, 1.82) is 0 Å². The Morgan fingerprint density at radius 3 is 1.61 bits per heavy atom. The molecule has 0 saturated heterocycles. The monoisotopic (exact) mass is 583 g/mol. The SMILES string of the molecule is COc1ccc(Oc2c(C)cc([N+](=O)[O-])cc2C)cc1CP(Cl)(c1ccccc1)(c1ccccc1)c1ccccc1. The Bertz CT molecular complexity index is 1570. The van der Waals surface area contributed by atoms with Gasteiger partial charge in [0.25, 0.3) is 0 Å². The number of methoxy groups -OCH3 is 1. The number of benzene rings is 5. The number of hydrogen-bond acceptors (Lipinski definition) is 4. The molecule has 0 fully saturated rings. The third kappa shape index (κ3) is 5.19. The van der Waals surface area contributed by atoms with Gasteiger partial charge in [-0.1, -0.05) is 0 Å². The summed E-state index contributed by atoms with van der Waals surface area (Å²) < 4.78 is 12.2. The van der Waals surface area contributed by atoms with E-state index in [4.69, 9.17) is 20.7 Å². The molecule has 5 aromatic rings. The predicted octanol–water partition coefficient (Wildman–Crippen LogP) is 8.20. The van der Waals surface area contributed by atoms with Crippen LogP contribution in [0.2, 0.25) is 0 Å². The molecule has 0 N–H and O–H groups in total. The zero-order valence-electron chi connectivity index (χ0n) is 23.2. The van der Waals surface area contributed by atoms with Gasteiger partial charge >= 0.3 is 246 Å². The van der Waals surface area contributed by atoms with E-state index in [2.05, 4.69) is 36.4 Å². The molecule has 0 aliphatic rings. The molecule has 0 saturated carbocycles. The van der Waals surface area contributed by atoms with E-state index in [0.717, 1.165) is 21.5 Å². The zero-order chi connectivity index (χ0) is 29.1. The molecule has 5 nitrogen and oxygen atoms in total. The Morgan fingerprint density at radius 2 is 1.20 bits per heavy atom. The molecule has 0 radical (unpaired) electrons. The van der Waals surface area contributed by atoms with E-state index >= 15 is 0 Å². The number of halogens is 1. The van der Waals surface area contributed by atoms with Crippen LogP contribution in [-0.2, 0) is 6.16 Å². The van der Waals surface area contributed by atoms with Crippen LogP contribution in [-0.4, -0.2) is 12.0 Å². The summed E-state index contributed by atoms with van der Waals surface area (Å²) in [6.07, 6.45) is 0.476. The van der Waals surface area contributed by atoms with Crippen molar-refractivity contribution < 1.29 is 14.4 Å². The van der Waals surface area contributed by atoms with Crippen LogP contribution in [0.3, 0.4) is 0 Å². The molecule has 0 amide bonds. The molecule has 7 heteroatoms. The second-order valence-electron chi connectivity index (χ2n) is 10.1. The van der Waals surface area contributed by atoms with E-state index in [9.17, 15) is 10.1 Å². The summed E-state index contributed by atoms with van der Waals surface area (Å²) in [5, 5.41) is 14.5. The molecule has 0 unspecified atom stereocenters. The summed E-state index contributed by atoms with van der Waals surface area (Å²) in [5.74, 6) is -1.75. The maximum atomic E-state index is 11.3. The Hall–Kier alpha value is -4.18. The molecule has 0 aliphatic carbocycles. The minimum absolute atomic E-state index is 0.0378. The second kappa shape index (κ2) is 11.4. The van der Waals surface area contributed by atoms with Crippen LogP contribution in [0.1, 0.15) is 16.7 Å². The van der Waals surface area contributed by atoms with Gasteiger partial charge in [0.05, 0.1) is 0 Å². The summed E-state index contributed by atoms with van der Waals surface area (Å²) in [7, 11) is 1.65. The van der Waals surface area contributed by atoms with E-state index in [0.29, 0.717) is 34.5 Å². The van der Waals surface area contributed by atoms with Crippen molar-refractivity contribution in [3.63, 3.8) is 0 Å². The first-order valence-electron chi connectivity index (χ1n) is 13.2. The van der Waals surface area contributed by atoms with E-state index in [1.54, 1.807) is 7.11 Å². The van der Waals surface area contributed by atoms with Gasteiger partial charge in [0, 0.05) is 0 Å². The normalized spacial score (nSPS) is 12.2. The van der Waals surface area contributed by atoms with Gasteiger partial charge in [-0.3, -0.25) is 0 Å². The summed E-state index contributed by atoms with van der Waals surface area (Å²) >= 11 is 8.32. The molecular weight excluding hydrogens is 553 g/mol. The van der Waals surface area contributed by atoms with Gasteiger partial charge in [-0.25, -0.2) is 0 Å². The number of non-ortho nitro benzene ring substituents is 1. The molecule has 0 spiro atoms. The summed E-state index contributed by atoms with van der Waals surface area (Å²) in [6.45, 7) is 3.62. The number of ether oxygens (including phenoxy) is 2. The van der Waals surface area contributed by atoms with Gasteiger partial charge in [0.1, 0.15) is 0 Å². The topological polar surface area (TPSA) is 61.6 Å². The summed E-state index contributed by atoms with van der Waals surface area (Å²) in [6, 6.07) is 39.6. The van der Waals surface area contributed by atoms with E-state index < -0.39 is 10.9 Å².